The lowest BCUT2D eigenvalue weighted by atomic mass is 10.0. The van der Waals surface area contributed by atoms with E-state index in [1.165, 1.54) is 0 Å². The van der Waals surface area contributed by atoms with Crippen LogP contribution in [0.3, 0.4) is 0 Å². The van der Waals surface area contributed by atoms with E-state index in [-0.39, 0.29) is 18.5 Å². The summed E-state index contributed by atoms with van der Waals surface area (Å²) < 4.78 is 10.9. The molecule has 0 aliphatic rings. The van der Waals surface area contributed by atoms with Gasteiger partial charge in [0.15, 0.2) is 0 Å². The second-order valence-corrected chi connectivity index (χ2v) is 6.15. The van der Waals surface area contributed by atoms with Crippen molar-refractivity contribution in [3.05, 3.63) is 89.9 Å². The highest BCUT2D eigenvalue weighted by Gasteiger charge is 2.17. The molecular formula is C22H24N2O3. The Hall–Kier alpha value is -3.05. The van der Waals surface area contributed by atoms with Gasteiger partial charge in [-0.1, -0.05) is 48.5 Å². The van der Waals surface area contributed by atoms with Gasteiger partial charge in [-0.05, 0) is 35.7 Å². The van der Waals surface area contributed by atoms with Crippen molar-refractivity contribution in [2.45, 2.75) is 12.5 Å². The van der Waals surface area contributed by atoms with Crippen LogP contribution in [0.2, 0.25) is 0 Å². The normalized spacial score (nSPS) is 11.7. The molecule has 5 heteroatoms. The van der Waals surface area contributed by atoms with Gasteiger partial charge in [-0.3, -0.25) is 10.1 Å². The Morgan fingerprint density at radius 3 is 2.56 bits per heavy atom. The summed E-state index contributed by atoms with van der Waals surface area (Å²) in [6.07, 6.45) is 2.36. The summed E-state index contributed by atoms with van der Waals surface area (Å²) in [6.45, 7) is 0.754. The monoisotopic (exact) mass is 364 g/mol. The van der Waals surface area contributed by atoms with Crippen LogP contribution in [0.15, 0.2) is 77.4 Å². The number of hydrogen-bond donors (Lipinski definition) is 2. The van der Waals surface area contributed by atoms with E-state index in [1.807, 2.05) is 66.7 Å². The molecule has 0 aliphatic heterocycles. The van der Waals surface area contributed by atoms with E-state index in [9.17, 15) is 4.79 Å². The molecule has 1 amide bonds. The molecule has 3 rings (SSSR count). The smallest absolute Gasteiger partial charge is 0.233 e. The summed E-state index contributed by atoms with van der Waals surface area (Å²) in [5.74, 6) is 1.56. The minimum absolute atomic E-state index is 0.0580. The lowest BCUT2D eigenvalue weighted by molar-refractivity contribution is -0.120. The highest BCUT2D eigenvalue weighted by Crippen LogP contribution is 2.22. The van der Waals surface area contributed by atoms with Gasteiger partial charge < -0.3 is 14.5 Å². The Kier molecular flexibility index (Phi) is 6.66. The highest BCUT2D eigenvalue weighted by atomic mass is 16.5. The number of ether oxygens (including phenoxy) is 1. The molecule has 0 saturated carbocycles. The standard InChI is InChI=1S/C22H24N2O3/c1-26-19-11-6-5-8-17(19)13-14-23-21(25)16-24-22(20-12-7-15-27-20)18-9-3-2-4-10-18/h2-12,15,22,24H,13-14,16H2,1H3,(H,23,25)/t22-/m1/s1. The zero-order valence-corrected chi connectivity index (χ0v) is 15.4. The van der Waals surface area contributed by atoms with E-state index in [0.717, 1.165) is 29.1 Å². The van der Waals surface area contributed by atoms with Gasteiger partial charge in [-0.2, -0.15) is 0 Å². The second kappa shape index (κ2) is 9.59. The van der Waals surface area contributed by atoms with Gasteiger partial charge in [-0.25, -0.2) is 0 Å². The van der Waals surface area contributed by atoms with E-state index in [0.29, 0.717) is 6.54 Å². The summed E-state index contributed by atoms with van der Waals surface area (Å²) in [6, 6.07) is 21.4. The fraction of sp³-hybridized carbons (Fsp3) is 0.227. The molecular weight excluding hydrogens is 340 g/mol. The molecule has 0 aliphatic carbocycles. The Bertz CT molecular complexity index is 832. The van der Waals surface area contributed by atoms with Crippen LogP contribution in [0, 0.1) is 0 Å². The Morgan fingerprint density at radius 1 is 1.04 bits per heavy atom. The number of amides is 1. The fourth-order valence-electron chi connectivity index (χ4n) is 2.99. The average Bonchev–Trinajstić information content (AvgIpc) is 3.24. The van der Waals surface area contributed by atoms with E-state index >= 15 is 0 Å². The topological polar surface area (TPSA) is 63.5 Å². The Labute approximate surface area is 159 Å². The van der Waals surface area contributed by atoms with Crippen LogP contribution < -0.4 is 15.4 Å². The number of nitrogens with one attached hydrogen (secondary N) is 2. The third-order valence-corrected chi connectivity index (χ3v) is 4.34. The lowest BCUT2D eigenvalue weighted by Gasteiger charge is -2.17. The van der Waals surface area contributed by atoms with Gasteiger partial charge in [0.05, 0.1) is 26.0 Å². The first-order chi connectivity index (χ1) is 13.3. The largest absolute Gasteiger partial charge is 0.496 e. The van der Waals surface area contributed by atoms with Gasteiger partial charge in [0.1, 0.15) is 11.5 Å². The maximum Gasteiger partial charge on any atom is 0.233 e. The molecule has 27 heavy (non-hydrogen) atoms. The fourth-order valence-corrected chi connectivity index (χ4v) is 2.99. The maximum absolute atomic E-state index is 12.3. The van der Waals surface area contributed by atoms with Crippen LogP contribution in [-0.2, 0) is 11.2 Å². The predicted octanol–water partition coefficient (Wildman–Crippen LogP) is 3.33. The molecule has 1 aromatic heterocycles. The van der Waals surface area contributed by atoms with Crippen molar-refractivity contribution in [1.29, 1.82) is 0 Å². The number of methoxy groups -OCH3 is 1. The van der Waals surface area contributed by atoms with Crippen LogP contribution in [0.5, 0.6) is 5.75 Å². The van der Waals surface area contributed by atoms with Crippen molar-refractivity contribution in [1.82, 2.24) is 10.6 Å². The molecule has 0 fully saturated rings. The molecule has 0 unspecified atom stereocenters. The van der Waals surface area contributed by atoms with E-state index in [2.05, 4.69) is 10.6 Å². The number of para-hydroxylation sites is 1. The van der Waals surface area contributed by atoms with Crippen molar-refractivity contribution >= 4 is 5.91 Å². The SMILES string of the molecule is COc1ccccc1CCNC(=O)CN[C@H](c1ccccc1)c1ccco1. The van der Waals surface area contributed by atoms with E-state index in [4.69, 9.17) is 9.15 Å². The van der Waals surface area contributed by atoms with E-state index < -0.39 is 0 Å². The minimum Gasteiger partial charge on any atom is -0.496 e. The molecule has 3 aromatic rings. The second-order valence-electron chi connectivity index (χ2n) is 6.15. The van der Waals surface area contributed by atoms with Gasteiger partial charge in [0, 0.05) is 6.54 Å². The molecule has 0 saturated heterocycles. The molecule has 0 spiro atoms. The predicted molar refractivity (Wildman–Crippen MR) is 105 cm³/mol. The molecule has 2 N–H and O–H groups in total. The zero-order valence-electron chi connectivity index (χ0n) is 15.4. The van der Waals surface area contributed by atoms with Crippen molar-refractivity contribution in [2.24, 2.45) is 0 Å². The first kappa shape index (κ1) is 18.7. The summed E-state index contributed by atoms with van der Waals surface area (Å²) >= 11 is 0. The van der Waals surface area contributed by atoms with Gasteiger partial charge in [0.2, 0.25) is 5.91 Å². The van der Waals surface area contributed by atoms with Crippen molar-refractivity contribution in [2.75, 3.05) is 20.2 Å². The minimum atomic E-state index is -0.166. The lowest BCUT2D eigenvalue weighted by Crippen LogP contribution is -2.36. The number of furan rings is 1. The molecule has 1 atom stereocenters. The van der Waals surface area contributed by atoms with Gasteiger partial charge in [-0.15, -0.1) is 0 Å². The van der Waals surface area contributed by atoms with Crippen LogP contribution in [0.25, 0.3) is 0 Å². The molecule has 140 valence electrons. The van der Waals surface area contributed by atoms with Crippen molar-refractivity contribution in [3.63, 3.8) is 0 Å². The van der Waals surface area contributed by atoms with Gasteiger partial charge >= 0.3 is 0 Å². The van der Waals surface area contributed by atoms with Crippen LogP contribution in [0.1, 0.15) is 22.9 Å². The quantitative estimate of drug-likeness (QED) is 0.611. The Balaban J connectivity index is 1.52. The number of benzene rings is 2. The third-order valence-electron chi connectivity index (χ3n) is 4.34. The number of rotatable bonds is 9. The number of hydrogen-bond acceptors (Lipinski definition) is 4. The summed E-state index contributed by atoms with van der Waals surface area (Å²) in [4.78, 5) is 12.3. The molecule has 0 bridgehead atoms. The summed E-state index contributed by atoms with van der Waals surface area (Å²) in [5.41, 5.74) is 2.13. The average molecular weight is 364 g/mol. The molecule has 0 radical (unpaired) electrons. The van der Waals surface area contributed by atoms with E-state index in [1.54, 1.807) is 13.4 Å². The van der Waals surface area contributed by atoms with Crippen LogP contribution >= 0.6 is 0 Å². The third kappa shape index (κ3) is 5.21. The number of carbonyl (C=O) groups is 1. The highest BCUT2D eigenvalue weighted by molar-refractivity contribution is 5.78. The first-order valence-electron chi connectivity index (χ1n) is 8.98. The van der Waals surface area contributed by atoms with Crippen molar-refractivity contribution < 1.29 is 13.9 Å². The van der Waals surface area contributed by atoms with Crippen LogP contribution in [0.4, 0.5) is 0 Å². The van der Waals surface area contributed by atoms with Crippen LogP contribution in [-0.4, -0.2) is 26.1 Å². The summed E-state index contributed by atoms with van der Waals surface area (Å²) in [5, 5.41) is 6.23. The Morgan fingerprint density at radius 2 is 1.81 bits per heavy atom. The molecule has 5 nitrogen and oxygen atoms in total. The number of carbonyl (C=O) groups excluding carboxylic acids is 1. The van der Waals surface area contributed by atoms with Crippen molar-refractivity contribution in [3.8, 4) is 5.75 Å². The maximum atomic E-state index is 12.3. The summed E-state index contributed by atoms with van der Waals surface area (Å²) in [7, 11) is 1.65. The first-order valence-corrected chi connectivity index (χ1v) is 8.98. The zero-order chi connectivity index (χ0) is 18.9. The van der Waals surface area contributed by atoms with Gasteiger partial charge in [0.25, 0.3) is 0 Å². The molecule has 2 aromatic carbocycles. The molecule has 1 heterocycles.